The van der Waals surface area contributed by atoms with E-state index < -0.39 is 0 Å². The van der Waals surface area contributed by atoms with Gasteiger partial charge in [0.25, 0.3) is 0 Å². The highest BCUT2D eigenvalue weighted by Gasteiger charge is 2.19. The summed E-state index contributed by atoms with van der Waals surface area (Å²) in [4.78, 5) is 14.1. The summed E-state index contributed by atoms with van der Waals surface area (Å²) >= 11 is 0. The summed E-state index contributed by atoms with van der Waals surface area (Å²) in [5.74, 6) is 1.25. The maximum atomic E-state index is 11.9. The molecule has 1 rings (SSSR count). The SMILES string of the molecule is CCC(c1cccc(OC(=O)/C=C/C=C(C)C)c1)[C@H](C)CN(C)C. The average Bonchev–Trinajstić information content (AvgIpc) is 2.47. The monoisotopic (exact) mass is 329 g/mol. The Hall–Kier alpha value is -1.87. The number of nitrogens with zero attached hydrogens (tertiary/aromatic N) is 1. The third-order valence-electron chi connectivity index (χ3n) is 3.95. The number of carbonyl (C=O) groups is 1. The molecule has 0 saturated carbocycles. The van der Waals surface area contributed by atoms with Crippen LogP contribution in [0.1, 0.15) is 45.6 Å². The van der Waals surface area contributed by atoms with Gasteiger partial charge in [0.1, 0.15) is 5.75 Å². The van der Waals surface area contributed by atoms with Crippen molar-refractivity contribution in [1.82, 2.24) is 4.90 Å². The average molecular weight is 329 g/mol. The van der Waals surface area contributed by atoms with E-state index in [0.717, 1.165) is 18.5 Å². The van der Waals surface area contributed by atoms with Gasteiger partial charge in [-0.1, -0.05) is 43.7 Å². The summed E-state index contributed by atoms with van der Waals surface area (Å²) in [7, 11) is 4.19. The second kappa shape index (κ2) is 10.1. The standard InChI is InChI=1S/C21H31NO2/c1-7-20(17(4)15-22(5)6)18-11-9-12-19(14-18)24-21(23)13-8-10-16(2)3/h8-14,17,20H,7,15H2,1-6H3/b13-8+/t17-,20?/m1/s1. The molecule has 132 valence electrons. The Bertz CT molecular complexity index is 583. The number of ether oxygens (including phenoxy) is 1. The van der Waals surface area contributed by atoms with Crippen LogP contribution in [0.2, 0.25) is 0 Å². The van der Waals surface area contributed by atoms with E-state index in [1.807, 2.05) is 38.1 Å². The summed E-state index contributed by atoms with van der Waals surface area (Å²) in [6.07, 6.45) is 6.11. The second-order valence-electron chi connectivity index (χ2n) is 6.85. The molecule has 0 aromatic heterocycles. The van der Waals surface area contributed by atoms with E-state index in [1.54, 1.807) is 6.08 Å². The third kappa shape index (κ3) is 7.14. The molecule has 2 atom stereocenters. The Balaban J connectivity index is 2.83. The van der Waals surface area contributed by atoms with E-state index in [-0.39, 0.29) is 5.97 Å². The summed E-state index contributed by atoms with van der Waals surface area (Å²) in [5, 5.41) is 0. The van der Waals surface area contributed by atoms with Crippen molar-refractivity contribution in [3.05, 3.63) is 53.6 Å². The molecular weight excluding hydrogens is 298 g/mol. The van der Waals surface area contributed by atoms with Crippen LogP contribution in [0.4, 0.5) is 0 Å². The Kier molecular flexibility index (Phi) is 8.48. The molecule has 0 aliphatic carbocycles. The predicted molar refractivity (Wildman–Crippen MR) is 101 cm³/mol. The van der Waals surface area contributed by atoms with Crippen molar-refractivity contribution < 1.29 is 9.53 Å². The summed E-state index contributed by atoms with van der Waals surface area (Å²) < 4.78 is 5.43. The van der Waals surface area contributed by atoms with Crippen molar-refractivity contribution in [3.63, 3.8) is 0 Å². The van der Waals surface area contributed by atoms with Gasteiger partial charge >= 0.3 is 5.97 Å². The topological polar surface area (TPSA) is 29.5 Å². The largest absolute Gasteiger partial charge is 0.423 e. The number of benzene rings is 1. The Morgan fingerprint density at radius 3 is 2.58 bits per heavy atom. The molecule has 0 amide bonds. The third-order valence-corrected chi connectivity index (χ3v) is 3.95. The van der Waals surface area contributed by atoms with Crippen LogP contribution < -0.4 is 4.74 Å². The van der Waals surface area contributed by atoms with E-state index in [4.69, 9.17) is 4.74 Å². The number of rotatable bonds is 8. The van der Waals surface area contributed by atoms with Crippen molar-refractivity contribution in [3.8, 4) is 5.75 Å². The van der Waals surface area contributed by atoms with Gasteiger partial charge < -0.3 is 9.64 Å². The molecule has 0 aliphatic heterocycles. The minimum atomic E-state index is -0.348. The Morgan fingerprint density at radius 2 is 2.00 bits per heavy atom. The minimum Gasteiger partial charge on any atom is -0.423 e. The van der Waals surface area contributed by atoms with Gasteiger partial charge in [-0.15, -0.1) is 0 Å². The van der Waals surface area contributed by atoms with Gasteiger partial charge in [-0.05, 0) is 63.9 Å². The molecule has 3 heteroatoms. The molecule has 0 bridgehead atoms. The van der Waals surface area contributed by atoms with Crippen LogP contribution in [0, 0.1) is 5.92 Å². The molecule has 0 heterocycles. The quantitative estimate of drug-likeness (QED) is 0.297. The Morgan fingerprint density at radius 1 is 1.29 bits per heavy atom. The lowest BCUT2D eigenvalue weighted by atomic mass is 9.85. The van der Waals surface area contributed by atoms with Crippen molar-refractivity contribution in [1.29, 1.82) is 0 Å². The van der Waals surface area contributed by atoms with E-state index in [2.05, 4.69) is 38.9 Å². The molecule has 0 N–H and O–H groups in total. The minimum absolute atomic E-state index is 0.348. The van der Waals surface area contributed by atoms with Crippen molar-refractivity contribution in [2.24, 2.45) is 5.92 Å². The summed E-state index contributed by atoms with van der Waals surface area (Å²) in [6, 6.07) is 7.91. The smallest absolute Gasteiger partial charge is 0.336 e. The highest BCUT2D eigenvalue weighted by Crippen LogP contribution is 2.30. The van der Waals surface area contributed by atoms with E-state index in [9.17, 15) is 4.79 Å². The zero-order valence-corrected chi connectivity index (χ0v) is 15.9. The molecular formula is C21H31NO2. The number of allylic oxidation sites excluding steroid dienone is 3. The molecule has 24 heavy (non-hydrogen) atoms. The summed E-state index contributed by atoms with van der Waals surface area (Å²) in [6.45, 7) is 9.48. The van der Waals surface area contributed by atoms with Gasteiger partial charge in [0.15, 0.2) is 0 Å². The van der Waals surface area contributed by atoms with Gasteiger partial charge in [-0.2, -0.15) is 0 Å². The van der Waals surface area contributed by atoms with E-state index >= 15 is 0 Å². The number of esters is 1. The van der Waals surface area contributed by atoms with Gasteiger partial charge in [-0.3, -0.25) is 0 Å². The lowest BCUT2D eigenvalue weighted by Crippen LogP contribution is -2.24. The molecule has 1 unspecified atom stereocenters. The molecule has 0 aliphatic rings. The normalized spacial score (nSPS) is 13.8. The molecule has 0 fully saturated rings. The molecule has 3 nitrogen and oxygen atoms in total. The van der Waals surface area contributed by atoms with Gasteiger partial charge in [0, 0.05) is 12.6 Å². The van der Waals surface area contributed by atoms with Crippen LogP contribution in [0.3, 0.4) is 0 Å². The number of hydrogen-bond acceptors (Lipinski definition) is 3. The van der Waals surface area contributed by atoms with Crippen LogP contribution in [0.15, 0.2) is 48.1 Å². The number of hydrogen-bond donors (Lipinski definition) is 0. The van der Waals surface area contributed by atoms with E-state index in [1.165, 1.54) is 11.6 Å². The summed E-state index contributed by atoms with van der Waals surface area (Å²) in [5.41, 5.74) is 2.37. The van der Waals surface area contributed by atoms with Crippen molar-refractivity contribution in [2.75, 3.05) is 20.6 Å². The first-order chi connectivity index (χ1) is 11.3. The molecule has 1 aromatic rings. The zero-order chi connectivity index (χ0) is 18.1. The zero-order valence-electron chi connectivity index (χ0n) is 15.9. The van der Waals surface area contributed by atoms with Crippen LogP contribution in [0.5, 0.6) is 5.75 Å². The fourth-order valence-corrected chi connectivity index (χ4v) is 2.95. The lowest BCUT2D eigenvalue weighted by molar-refractivity contribution is -0.128. The highest BCUT2D eigenvalue weighted by molar-refractivity contribution is 5.84. The maximum Gasteiger partial charge on any atom is 0.336 e. The first-order valence-corrected chi connectivity index (χ1v) is 8.61. The van der Waals surface area contributed by atoms with Crippen molar-refractivity contribution in [2.45, 2.75) is 40.0 Å². The number of carbonyl (C=O) groups excluding carboxylic acids is 1. The van der Waals surface area contributed by atoms with Gasteiger partial charge in [0.2, 0.25) is 0 Å². The Labute approximate surface area is 147 Å². The predicted octanol–water partition coefficient (Wildman–Crippen LogP) is 4.81. The van der Waals surface area contributed by atoms with Crippen LogP contribution in [-0.4, -0.2) is 31.5 Å². The molecule has 0 spiro atoms. The fraction of sp³-hybridized carbons (Fsp3) is 0.476. The maximum absolute atomic E-state index is 11.9. The molecule has 1 aromatic carbocycles. The lowest BCUT2D eigenvalue weighted by Gasteiger charge is -2.26. The van der Waals surface area contributed by atoms with Crippen LogP contribution >= 0.6 is 0 Å². The van der Waals surface area contributed by atoms with Gasteiger partial charge in [0.05, 0.1) is 0 Å². The van der Waals surface area contributed by atoms with E-state index in [0.29, 0.717) is 17.6 Å². The molecule has 0 radical (unpaired) electrons. The van der Waals surface area contributed by atoms with Crippen LogP contribution in [-0.2, 0) is 4.79 Å². The van der Waals surface area contributed by atoms with Crippen LogP contribution in [0.25, 0.3) is 0 Å². The van der Waals surface area contributed by atoms with Crippen molar-refractivity contribution >= 4 is 5.97 Å². The fourth-order valence-electron chi connectivity index (χ4n) is 2.95. The highest BCUT2D eigenvalue weighted by atomic mass is 16.5. The first kappa shape index (κ1) is 20.2. The van der Waals surface area contributed by atoms with Gasteiger partial charge in [-0.25, -0.2) is 4.79 Å². The first-order valence-electron chi connectivity index (χ1n) is 8.61. The molecule has 0 saturated heterocycles. The second-order valence-corrected chi connectivity index (χ2v) is 6.85.